The molecule has 0 aromatic heterocycles. The van der Waals surface area contributed by atoms with Gasteiger partial charge in [-0.2, -0.15) is 0 Å². The molecule has 0 unspecified atom stereocenters. The first-order chi connectivity index (χ1) is 8.49. The van der Waals surface area contributed by atoms with E-state index < -0.39 is 5.54 Å². The number of hydrogen-bond donors (Lipinski definition) is 3. The molecule has 1 aromatic carbocycles. The second-order valence-corrected chi connectivity index (χ2v) is 4.62. The summed E-state index contributed by atoms with van der Waals surface area (Å²) < 4.78 is 0. The molecule has 0 spiro atoms. The van der Waals surface area contributed by atoms with Crippen LogP contribution in [-0.4, -0.2) is 23.2 Å². The van der Waals surface area contributed by atoms with Gasteiger partial charge in [-0.25, -0.2) is 0 Å². The molecule has 0 aliphatic rings. The Bertz CT molecular complexity index is 418. The molecule has 1 aromatic rings. The lowest BCUT2D eigenvalue weighted by molar-refractivity contribution is 0.0817. The van der Waals surface area contributed by atoms with Crippen molar-refractivity contribution in [2.24, 2.45) is 0 Å². The van der Waals surface area contributed by atoms with Crippen LogP contribution in [0.5, 0.6) is 0 Å². The van der Waals surface area contributed by atoms with E-state index in [1.807, 2.05) is 20.8 Å². The van der Waals surface area contributed by atoms with Gasteiger partial charge in [0.1, 0.15) is 0 Å². The number of hydrogen-bond acceptors (Lipinski definition) is 3. The molecule has 0 saturated heterocycles. The summed E-state index contributed by atoms with van der Waals surface area (Å²) in [5, 5.41) is 12.4. The SMILES string of the molecule is CCC(CC)(CO)NC(=O)c1cccc(N)c1C. The zero-order chi connectivity index (χ0) is 13.8. The third-order valence-corrected chi connectivity index (χ3v) is 3.66. The summed E-state index contributed by atoms with van der Waals surface area (Å²) in [6.07, 6.45) is 1.38. The number of aliphatic hydroxyl groups excluding tert-OH is 1. The number of carbonyl (C=O) groups is 1. The fourth-order valence-corrected chi connectivity index (χ4v) is 1.90. The first kappa shape index (κ1) is 14.5. The Morgan fingerprint density at radius 2 is 2.00 bits per heavy atom. The van der Waals surface area contributed by atoms with Crippen molar-refractivity contribution < 1.29 is 9.90 Å². The van der Waals surface area contributed by atoms with E-state index in [1.165, 1.54) is 0 Å². The van der Waals surface area contributed by atoms with Crippen molar-refractivity contribution in [1.82, 2.24) is 5.32 Å². The van der Waals surface area contributed by atoms with Gasteiger partial charge in [0.15, 0.2) is 0 Å². The molecule has 0 aliphatic carbocycles. The minimum absolute atomic E-state index is 0.0624. The van der Waals surface area contributed by atoms with E-state index in [0.717, 1.165) is 5.56 Å². The second-order valence-electron chi connectivity index (χ2n) is 4.62. The Morgan fingerprint density at radius 1 is 1.39 bits per heavy atom. The van der Waals surface area contributed by atoms with Crippen LogP contribution in [-0.2, 0) is 0 Å². The summed E-state index contributed by atoms with van der Waals surface area (Å²) >= 11 is 0. The predicted molar refractivity (Wildman–Crippen MR) is 73.5 cm³/mol. The van der Waals surface area contributed by atoms with Gasteiger partial charge >= 0.3 is 0 Å². The summed E-state index contributed by atoms with van der Waals surface area (Å²) in [5.74, 6) is -0.183. The number of aliphatic hydroxyl groups is 1. The first-order valence-electron chi connectivity index (χ1n) is 6.28. The average Bonchev–Trinajstić information content (AvgIpc) is 2.39. The van der Waals surface area contributed by atoms with Gasteiger partial charge in [0.2, 0.25) is 0 Å². The number of nitrogens with two attached hydrogens (primary N) is 1. The smallest absolute Gasteiger partial charge is 0.252 e. The van der Waals surface area contributed by atoms with Crippen LogP contribution < -0.4 is 11.1 Å². The third kappa shape index (κ3) is 2.82. The van der Waals surface area contributed by atoms with E-state index in [1.54, 1.807) is 18.2 Å². The van der Waals surface area contributed by atoms with Crippen LogP contribution in [0.1, 0.15) is 42.6 Å². The van der Waals surface area contributed by atoms with Gasteiger partial charge in [-0.3, -0.25) is 4.79 Å². The van der Waals surface area contributed by atoms with Crippen molar-refractivity contribution in [3.8, 4) is 0 Å². The Kier molecular flexibility index (Phi) is 4.73. The molecule has 0 atom stereocenters. The van der Waals surface area contributed by atoms with E-state index in [4.69, 9.17) is 5.73 Å². The van der Waals surface area contributed by atoms with Gasteiger partial charge < -0.3 is 16.2 Å². The zero-order valence-electron chi connectivity index (χ0n) is 11.3. The highest BCUT2D eigenvalue weighted by Crippen LogP contribution is 2.19. The summed E-state index contributed by atoms with van der Waals surface area (Å²) in [7, 11) is 0. The van der Waals surface area contributed by atoms with Crippen LogP contribution in [0.25, 0.3) is 0 Å². The molecular weight excluding hydrogens is 228 g/mol. The van der Waals surface area contributed by atoms with E-state index in [-0.39, 0.29) is 12.5 Å². The molecule has 1 rings (SSSR count). The largest absolute Gasteiger partial charge is 0.398 e. The molecule has 4 nitrogen and oxygen atoms in total. The Balaban J connectivity index is 2.98. The van der Waals surface area contributed by atoms with Crippen molar-refractivity contribution in [1.29, 1.82) is 0 Å². The van der Waals surface area contributed by atoms with Crippen LogP contribution in [0.3, 0.4) is 0 Å². The number of rotatable bonds is 5. The lowest BCUT2D eigenvalue weighted by Gasteiger charge is -2.31. The molecule has 0 heterocycles. The number of benzene rings is 1. The van der Waals surface area contributed by atoms with Crippen molar-refractivity contribution in [2.75, 3.05) is 12.3 Å². The Morgan fingerprint density at radius 3 is 2.50 bits per heavy atom. The lowest BCUT2D eigenvalue weighted by Crippen LogP contribution is -2.50. The number of amides is 1. The van der Waals surface area contributed by atoms with E-state index in [2.05, 4.69) is 5.32 Å². The molecule has 0 saturated carbocycles. The molecule has 1 amide bonds. The van der Waals surface area contributed by atoms with E-state index in [0.29, 0.717) is 24.1 Å². The summed E-state index contributed by atoms with van der Waals surface area (Å²) in [5.41, 5.74) is 7.18. The molecule has 0 fully saturated rings. The molecule has 0 aliphatic heterocycles. The normalized spacial score (nSPS) is 11.3. The third-order valence-electron chi connectivity index (χ3n) is 3.66. The molecule has 18 heavy (non-hydrogen) atoms. The molecule has 100 valence electrons. The molecule has 4 heteroatoms. The highest BCUT2D eigenvalue weighted by Gasteiger charge is 2.28. The topological polar surface area (TPSA) is 75.3 Å². The van der Waals surface area contributed by atoms with Crippen molar-refractivity contribution in [3.05, 3.63) is 29.3 Å². The van der Waals surface area contributed by atoms with Crippen molar-refractivity contribution in [3.63, 3.8) is 0 Å². The van der Waals surface area contributed by atoms with Crippen LogP contribution in [0.15, 0.2) is 18.2 Å². The van der Waals surface area contributed by atoms with Crippen LogP contribution in [0.4, 0.5) is 5.69 Å². The van der Waals surface area contributed by atoms with Crippen LogP contribution in [0.2, 0.25) is 0 Å². The number of carbonyl (C=O) groups excluding carboxylic acids is 1. The number of nitrogens with one attached hydrogen (secondary N) is 1. The highest BCUT2D eigenvalue weighted by molar-refractivity contribution is 5.97. The molecule has 4 N–H and O–H groups in total. The fraction of sp³-hybridized carbons (Fsp3) is 0.500. The Labute approximate surface area is 108 Å². The van der Waals surface area contributed by atoms with Gasteiger partial charge in [0.05, 0.1) is 12.1 Å². The highest BCUT2D eigenvalue weighted by atomic mass is 16.3. The van der Waals surface area contributed by atoms with E-state index >= 15 is 0 Å². The summed E-state index contributed by atoms with van der Waals surface area (Å²) in [4.78, 5) is 12.2. The standard InChI is InChI=1S/C14H22N2O2/c1-4-14(5-2,9-17)16-13(18)11-7-6-8-12(15)10(11)3/h6-8,17H,4-5,9,15H2,1-3H3,(H,16,18). The first-order valence-corrected chi connectivity index (χ1v) is 6.28. The van der Waals surface area contributed by atoms with Gasteiger partial charge in [0.25, 0.3) is 5.91 Å². The molecule has 0 bridgehead atoms. The monoisotopic (exact) mass is 250 g/mol. The van der Waals surface area contributed by atoms with Crippen LogP contribution in [0, 0.1) is 6.92 Å². The van der Waals surface area contributed by atoms with Gasteiger partial charge in [-0.1, -0.05) is 19.9 Å². The predicted octanol–water partition coefficient (Wildman–Crippen LogP) is 1.86. The van der Waals surface area contributed by atoms with Gasteiger partial charge in [-0.15, -0.1) is 0 Å². The molecular formula is C14H22N2O2. The summed E-state index contributed by atoms with van der Waals surface area (Å²) in [6, 6.07) is 5.27. The maximum absolute atomic E-state index is 12.2. The lowest BCUT2D eigenvalue weighted by atomic mass is 9.93. The Hall–Kier alpha value is -1.55. The van der Waals surface area contributed by atoms with E-state index in [9.17, 15) is 9.90 Å². The maximum Gasteiger partial charge on any atom is 0.252 e. The number of nitrogen functional groups attached to an aromatic ring is 1. The van der Waals surface area contributed by atoms with Gasteiger partial charge in [-0.05, 0) is 37.5 Å². The zero-order valence-corrected chi connectivity index (χ0v) is 11.3. The van der Waals surface area contributed by atoms with Crippen LogP contribution >= 0.6 is 0 Å². The maximum atomic E-state index is 12.2. The summed E-state index contributed by atoms with van der Waals surface area (Å²) in [6.45, 7) is 5.66. The minimum Gasteiger partial charge on any atom is -0.398 e. The quantitative estimate of drug-likeness (QED) is 0.698. The number of anilines is 1. The minimum atomic E-state index is -0.547. The van der Waals surface area contributed by atoms with Crippen molar-refractivity contribution in [2.45, 2.75) is 39.2 Å². The second kappa shape index (κ2) is 5.87. The average molecular weight is 250 g/mol. The van der Waals surface area contributed by atoms with Crippen molar-refractivity contribution >= 4 is 11.6 Å². The fourth-order valence-electron chi connectivity index (χ4n) is 1.90. The van der Waals surface area contributed by atoms with Gasteiger partial charge in [0, 0.05) is 11.3 Å². The molecule has 0 radical (unpaired) electrons.